The topological polar surface area (TPSA) is 74.7 Å². The van der Waals surface area contributed by atoms with E-state index in [9.17, 15) is 14.4 Å². The zero-order valence-corrected chi connectivity index (χ0v) is 16.1. The zero-order chi connectivity index (χ0) is 15.4. The fraction of sp³-hybridized carbons (Fsp3) is 0.182. The normalized spacial score (nSPS) is 15.6. The molecule has 1 atom stereocenters. The molecule has 106 valence electrons. The predicted molar refractivity (Wildman–Crippen MR) is 84.8 cm³/mol. The van der Waals surface area contributed by atoms with E-state index in [1.54, 1.807) is 0 Å². The quantitative estimate of drug-likeness (QED) is 0.356. The number of fused-ring (bicyclic) bond motifs is 1. The number of carbonyl (C=O) groups is 3. The molecule has 1 aromatic rings. The summed E-state index contributed by atoms with van der Waals surface area (Å²) in [5.41, 5.74) is 0.287. The van der Waals surface area contributed by atoms with Gasteiger partial charge in [0, 0.05) is 17.9 Å². The van der Waals surface area contributed by atoms with Gasteiger partial charge in [-0.15, -0.1) is 0 Å². The highest BCUT2D eigenvalue weighted by molar-refractivity contribution is 9.15. The number of carboxylic acid groups (broad SMARTS) is 1. The molecule has 1 aromatic carbocycles. The molecule has 9 heteroatoms. The second-order valence-corrected chi connectivity index (χ2v) is 7.17. The molecule has 0 aromatic heterocycles. The smallest absolute Gasteiger partial charge is 0.326 e. The fourth-order valence-electron chi connectivity index (χ4n) is 1.83. The first-order chi connectivity index (χ1) is 9.20. The summed E-state index contributed by atoms with van der Waals surface area (Å²) in [6.45, 7) is 1.29. The minimum Gasteiger partial charge on any atom is -0.480 e. The summed E-state index contributed by atoms with van der Waals surface area (Å²) in [6.07, 6.45) is 0. The van der Waals surface area contributed by atoms with Gasteiger partial charge in [-0.1, -0.05) is 0 Å². The van der Waals surface area contributed by atoms with Gasteiger partial charge in [0.1, 0.15) is 6.04 Å². The minimum atomic E-state index is -1.25. The fourth-order valence-corrected chi connectivity index (χ4v) is 4.29. The third-order valence-corrected chi connectivity index (χ3v) is 7.65. The van der Waals surface area contributed by atoms with E-state index in [1.165, 1.54) is 6.92 Å². The van der Waals surface area contributed by atoms with E-state index in [0.29, 0.717) is 17.9 Å². The van der Waals surface area contributed by atoms with Crippen LogP contribution in [0, 0.1) is 0 Å². The molecule has 0 saturated carbocycles. The Balaban J connectivity index is 2.73. The summed E-state index contributed by atoms with van der Waals surface area (Å²) in [4.78, 5) is 36.5. The van der Waals surface area contributed by atoms with Gasteiger partial charge in [-0.2, -0.15) is 0 Å². The van der Waals surface area contributed by atoms with Crippen LogP contribution in [0.3, 0.4) is 0 Å². The van der Waals surface area contributed by atoms with Crippen LogP contribution in [0.15, 0.2) is 17.9 Å². The average Bonchev–Trinajstić information content (AvgIpc) is 2.64. The van der Waals surface area contributed by atoms with Gasteiger partial charge in [-0.05, 0) is 70.6 Å². The van der Waals surface area contributed by atoms with Crippen LogP contribution < -0.4 is 0 Å². The lowest BCUT2D eigenvalue weighted by molar-refractivity contribution is -0.140. The molecule has 0 spiro atoms. The third kappa shape index (κ3) is 2.18. The van der Waals surface area contributed by atoms with Crippen molar-refractivity contribution in [3.05, 3.63) is 29.0 Å². The number of nitrogens with zero attached hydrogens (tertiary/aromatic N) is 1. The summed E-state index contributed by atoms with van der Waals surface area (Å²) >= 11 is 13.1. The van der Waals surface area contributed by atoms with Crippen LogP contribution in [0.4, 0.5) is 0 Å². The molecule has 1 aliphatic heterocycles. The number of hydrogen-bond acceptors (Lipinski definition) is 3. The van der Waals surface area contributed by atoms with E-state index >= 15 is 0 Å². The highest BCUT2D eigenvalue weighted by atomic mass is 79.9. The van der Waals surface area contributed by atoms with Crippen molar-refractivity contribution in [2.75, 3.05) is 0 Å². The Morgan fingerprint density at radius 3 is 1.60 bits per heavy atom. The first-order valence-corrected chi connectivity index (χ1v) is 8.34. The summed E-state index contributed by atoms with van der Waals surface area (Å²) in [5, 5.41) is 9.02. The highest BCUT2D eigenvalue weighted by Crippen LogP contribution is 2.45. The van der Waals surface area contributed by atoms with Crippen molar-refractivity contribution in [3.63, 3.8) is 0 Å². The molecule has 2 rings (SSSR count). The Labute approximate surface area is 147 Å². The highest BCUT2D eigenvalue weighted by Gasteiger charge is 2.44. The van der Waals surface area contributed by atoms with Crippen LogP contribution in [-0.2, 0) is 4.79 Å². The maximum atomic E-state index is 12.3. The maximum Gasteiger partial charge on any atom is 0.326 e. The molecule has 2 amide bonds. The first-order valence-electron chi connectivity index (χ1n) is 5.16. The molecule has 0 saturated heterocycles. The van der Waals surface area contributed by atoms with Gasteiger partial charge in [-0.3, -0.25) is 14.5 Å². The molecule has 0 fully saturated rings. The monoisotopic (exact) mass is 531 g/mol. The van der Waals surface area contributed by atoms with Gasteiger partial charge in [0.05, 0.1) is 11.1 Å². The van der Waals surface area contributed by atoms with Crippen molar-refractivity contribution in [2.45, 2.75) is 13.0 Å². The number of halogens is 4. The number of benzene rings is 1. The molecule has 0 radical (unpaired) electrons. The summed E-state index contributed by atoms with van der Waals surface area (Å²) in [7, 11) is 0. The van der Waals surface area contributed by atoms with Crippen LogP contribution in [0.2, 0.25) is 0 Å². The summed E-state index contributed by atoms with van der Waals surface area (Å²) in [5.74, 6) is -2.52. The maximum absolute atomic E-state index is 12.3. The largest absolute Gasteiger partial charge is 0.480 e. The number of rotatable bonds is 2. The second kappa shape index (κ2) is 5.51. The molecule has 1 heterocycles. The van der Waals surface area contributed by atoms with E-state index < -0.39 is 23.8 Å². The molecule has 5 nitrogen and oxygen atoms in total. The lowest BCUT2D eigenvalue weighted by Crippen LogP contribution is -2.42. The van der Waals surface area contributed by atoms with Gasteiger partial charge >= 0.3 is 5.97 Å². The molecular weight excluding hydrogens is 530 g/mol. The summed E-state index contributed by atoms with van der Waals surface area (Å²) in [6, 6.07) is -1.24. The van der Waals surface area contributed by atoms with E-state index in [4.69, 9.17) is 5.11 Å². The van der Waals surface area contributed by atoms with Crippen LogP contribution in [0.5, 0.6) is 0 Å². The zero-order valence-electron chi connectivity index (χ0n) is 9.71. The number of amides is 2. The van der Waals surface area contributed by atoms with Crippen LogP contribution in [-0.4, -0.2) is 33.8 Å². The van der Waals surface area contributed by atoms with Crippen molar-refractivity contribution >= 4 is 81.5 Å². The van der Waals surface area contributed by atoms with Crippen LogP contribution >= 0.6 is 63.7 Å². The number of imide groups is 1. The molecule has 20 heavy (non-hydrogen) atoms. The SMILES string of the molecule is CC(C(=O)O)N1C(=O)c2c(Br)c(Br)c(Br)c(Br)c2C1=O. The Kier molecular flexibility index (Phi) is 4.44. The average molecular weight is 535 g/mol. The number of hydrogen-bond donors (Lipinski definition) is 1. The number of aliphatic carboxylic acids is 1. The molecule has 1 N–H and O–H groups in total. The van der Waals surface area contributed by atoms with Gasteiger partial charge in [-0.25, -0.2) is 4.79 Å². The van der Waals surface area contributed by atoms with Crippen molar-refractivity contribution in [2.24, 2.45) is 0 Å². The second-order valence-electron chi connectivity index (χ2n) is 4.00. The molecule has 0 bridgehead atoms. The Morgan fingerprint density at radius 2 is 1.30 bits per heavy atom. The summed E-state index contributed by atoms with van der Waals surface area (Å²) < 4.78 is 1.94. The Morgan fingerprint density at radius 1 is 0.950 bits per heavy atom. The van der Waals surface area contributed by atoms with Crippen molar-refractivity contribution < 1.29 is 19.5 Å². The van der Waals surface area contributed by atoms with E-state index in [1.807, 2.05) is 0 Å². The molecule has 1 unspecified atom stereocenters. The van der Waals surface area contributed by atoms with E-state index in [-0.39, 0.29) is 11.1 Å². The van der Waals surface area contributed by atoms with Gasteiger partial charge in [0.2, 0.25) is 0 Å². The van der Waals surface area contributed by atoms with Crippen LogP contribution in [0.1, 0.15) is 27.6 Å². The standard InChI is InChI=1S/C11H5Br4NO4/c1-2(11(19)20)16-9(17)3-4(10(16)18)6(13)8(15)7(14)5(3)12/h2H,1H3,(H,19,20). The van der Waals surface area contributed by atoms with Gasteiger partial charge < -0.3 is 5.11 Å². The van der Waals surface area contributed by atoms with Crippen molar-refractivity contribution in [3.8, 4) is 0 Å². The molecule has 0 aliphatic carbocycles. The third-order valence-electron chi connectivity index (χ3n) is 2.88. The van der Waals surface area contributed by atoms with Crippen molar-refractivity contribution in [1.82, 2.24) is 4.90 Å². The van der Waals surface area contributed by atoms with Crippen molar-refractivity contribution in [1.29, 1.82) is 0 Å². The first kappa shape index (κ1) is 16.1. The number of carbonyl (C=O) groups excluding carboxylic acids is 2. The predicted octanol–water partition coefficient (Wildman–Crippen LogP) is 3.81. The number of carboxylic acids is 1. The van der Waals surface area contributed by atoms with Gasteiger partial charge in [0.15, 0.2) is 0 Å². The Hall–Kier alpha value is -0.250. The minimum absolute atomic E-state index is 0.144. The van der Waals surface area contributed by atoms with Crippen LogP contribution in [0.25, 0.3) is 0 Å². The van der Waals surface area contributed by atoms with E-state index in [0.717, 1.165) is 4.90 Å². The Bertz CT molecular complexity index is 626. The molecular formula is C11H5Br4NO4. The van der Waals surface area contributed by atoms with Gasteiger partial charge in [0.25, 0.3) is 11.8 Å². The molecule has 1 aliphatic rings. The lowest BCUT2D eigenvalue weighted by Gasteiger charge is -2.18. The lowest BCUT2D eigenvalue weighted by atomic mass is 10.1. The van der Waals surface area contributed by atoms with E-state index in [2.05, 4.69) is 63.7 Å².